The molecule has 5 unspecified atom stereocenters. The lowest BCUT2D eigenvalue weighted by Crippen LogP contribution is -2.68. The van der Waals surface area contributed by atoms with Gasteiger partial charge in [0.2, 0.25) is 15.6 Å². The first-order valence-electron chi connectivity index (χ1n) is 14.1. The standard InChI is InChI=1S/C26H41N5O7S/c1-2-19-12-8-9-16-31(19)39(36,37)26-17-18(26)11-6-4-3-5-7-13-20(38-24(28)35)21(32)30-15-10-14-25(30,22(27)33)23(34)29-26/h6,11,18-20H,2-5,7-10,12-17H2,1H3,(H2,27,33)(H2,28,35)(H,29,34)/b11-6-. The van der Waals surface area contributed by atoms with E-state index in [0.717, 1.165) is 37.0 Å². The maximum Gasteiger partial charge on any atom is 0.405 e. The Morgan fingerprint density at radius 2 is 1.82 bits per heavy atom. The molecule has 39 heavy (non-hydrogen) atoms. The fraction of sp³-hybridized carbons (Fsp3) is 0.769. The number of carbonyl (C=O) groups is 4. The minimum Gasteiger partial charge on any atom is -0.436 e. The van der Waals surface area contributed by atoms with E-state index >= 15 is 0 Å². The van der Waals surface area contributed by atoms with Gasteiger partial charge in [-0.3, -0.25) is 14.4 Å². The van der Waals surface area contributed by atoms with E-state index in [2.05, 4.69) is 5.32 Å². The molecule has 3 heterocycles. The molecule has 4 amide bonds. The number of hydrogen-bond acceptors (Lipinski definition) is 7. The van der Waals surface area contributed by atoms with E-state index in [0.29, 0.717) is 32.2 Å². The molecule has 1 saturated carbocycles. The number of ether oxygens (including phenoxy) is 1. The normalized spacial score (nSPS) is 35.5. The van der Waals surface area contributed by atoms with Gasteiger partial charge in [0.25, 0.3) is 17.7 Å². The molecule has 12 nitrogen and oxygen atoms in total. The molecule has 3 fully saturated rings. The van der Waals surface area contributed by atoms with Gasteiger partial charge in [0.1, 0.15) is 0 Å². The first kappa shape index (κ1) is 29.3. The number of sulfonamides is 1. The van der Waals surface area contributed by atoms with Crippen molar-refractivity contribution in [1.29, 1.82) is 0 Å². The van der Waals surface area contributed by atoms with Crippen LogP contribution in [0.3, 0.4) is 0 Å². The number of hydrogen-bond donors (Lipinski definition) is 3. The summed E-state index contributed by atoms with van der Waals surface area (Å²) in [7, 11) is -4.03. The lowest BCUT2D eigenvalue weighted by atomic mass is 9.92. The van der Waals surface area contributed by atoms with Crippen LogP contribution in [0.4, 0.5) is 4.79 Å². The van der Waals surface area contributed by atoms with Crippen LogP contribution in [0.1, 0.15) is 84.0 Å². The summed E-state index contributed by atoms with van der Waals surface area (Å²) >= 11 is 0. The van der Waals surface area contributed by atoms with Gasteiger partial charge >= 0.3 is 6.09 Å². The van der Waals surface area contributed by atoms with Crippen molar-refractivity contribution in [2.75, 3.05) is 13.1 Å². The molecule has 0 aromatic carbocycles. The number of primary amides is 2. The third-order valence-electron chi connectivity index (χ3n) is 8.77. The molecule has 5 N–H and O–H groups in total. The molecule has 4 aliphatic rings. The fourth-order valence-corrected chi connectivity index (χ4v) is 9.00. The van der Waals surface area contributed by atoms with Crippen molar-refractivity contribution in [3.8, 4) is 0 Å². The van der Waals surface area contributed by atoms with Gasteiger partial charge in [-0.2, -0.15) is 4.31 Å². The van der Waals surface area contributed by atoms with E-state index in [9.17, 15) is 27.6 Å². The number of nitrogens with zero attached hydrogens (tertiary/aromatic N) is 2. The Morgan fingerprint density at radius 1 is 1.08 bits per heavy atom. The number of allylic oxidation sites excluding steroid dienone is 1. The maximum atomic E-state index is 14.2. The summed E-state index contributed by atoms with van der Waals surface area (Å²) in [6.45, 7) is 2.34. The van der Waals surface area contributed by atoms with Crippen LogP contribution in [0.15, 0.2) is 12.2 Å². The zero-order valence-corrected chi connectivity index (χ0v) is 23.4. The topological polar surface area (TPSA) is 182 Å². The highest BCUT2D eigenvalue weighted by molar-refractivity contribution is 7.90. The van der Waals surface area contributed by atoms with Crippen LogP contribution in [0.2, 0.25) is 0 Å². The molecule has 0 aromatic heterocycles. The van der Waals surface area contributed by atoms with Crippen molar-refractivity contribution in [3.05, 3.63) is 12.2 Å². The lowest BCUT2D eigenvalue weighted by Gasteiger charge is -2.40. The van der Waals surface area contributed by atoms with Crippen molar-refractivity contribution in [1.82, 2.24) is 14.5 Å². The van der Waals surface area contributed by atoms with Crippen molar-refractivity contribution in [3.63, 3.8) is 0 Å². The van der Waals surface area contributed by atoms with Gasteiger partial charge in [-0.05, 0) is 64.2 Å². The zero-order valence-electron chi connectivity index (χ0n) is 22.6. The number of amides is 4. The molecule has 4 rings (SSSR count). The summed E-state index contributed by atoms with van der Waals surface area (Å²) in [6, 6.07) is -0.168. The Labute approximate surface area is 229 Å². The Bertz CT molecular complexity index is 1130. The molecular weight excluding hydrogens is 526 g/mol. The van der Waals surface area contributed by atoms with Crippen LogP contribution < -0.4 is 16.8 Å². The smallest absolute Gasteiger partial charge is 0.405 e. The third-order valence-corrected chi connectivity index (χ3v) is 11.4. The van der Waals surface area contributed by atoms with Crippen LogP contribution in [-0.2, 0) is 29.1 Å². The second-order valence-electron chi connectivity index (χ2n) is 11.1. The SMILES string of the molecule is CCC1CCCCN1S(=O)(=O)C12CC1/C=C\CCCCCC(OC(N)=O)C(=O)N1CCCC1(C(N)=O)C(=O)N2. The average molecular weight is 568 g/mol. The number of nitrogens with one attached hydrogen (secondary N) is 1. The number of rotatable bonds is 5. The Kier molecular flexibility index (Phi) is 8.60. The van der Waals surface area contributed by atoms with Crippen molar-refractivity contribution in [2.45, 2.75) is 107 Å². The van der Waals surface area contributed by atoms with Crippen LogP contribution in [-0.4, -0.2) is 77.1 Å². The summed E-state index contributed by atoms with van der Waals surface area (Å²) in [5.74, 6) is -3.19. The quantitative estimate of drug-likeness (QED) is 0.330. The van der Waals surface area contributed by atoms with E-state index in [-0.39, 0.29) is 31.8 Å². The summed E-state index contributed by atoms with van der Waals surface area (Å²) in [4.78, 5) is 51.7. The van der Waals surface area contributed by atoms with Crippen molar-refractivity contribution >= 4 is 33.8 Å². The molecular formula is C26H41N5O7S. The third kappa shape index (κ3) is 5.27. The Morgan fingerprint density at radius 3 is 2.51 bits per heavy atom. The lowest BCUT2D eigenvalue weighted by molar-refractivity contribution is -0.157. The van der Waals surface area contributed by atoms with E-state index in [1.165, 1.54) is 4.31 Å². The van der Waals surface area contributed by atoms with E-state index < -0.39 is 56.3 Å². The minimum atomic E-state index is -4.03. The number of piperidine rings is 1. The van der Waals surface area contributed by atoms with Gasteiger partial charge in [0, 0.05) is 25.0 Å². The second-order valence-corrected chi connectivity index (χ2v) is 13.3. The van der Waals surface area contributed by atoms with E-state index in [1.807, 2.05) is 19.1 Å². The first-order chi connectivity index (χ1) is 18.5. The van der Waals surface area contributed by atoms with Crippen molar-refractivity contribution in [2.24, 2.45) is 17.4 Å². The van der Waals surface area contributed by atoms with Gasteiger partial charge in [0.15, 0.2) is 11.0 Å². The summed E-state index contributed by atoms with van der Waals surface area (Å²) in [5, 5.41) is 2.74. The molecule has 1 aliphatic carbocycles. The van der Waals surface area contributed by atoms with E-state index in [4.69, 9.17) is 16.2 Å². The predicted molar refractivity (Wildman–Crippen MR) is 142 cm³/mol. The molecule has 0 bridgehead atoms. The Balaban J connectivity index is 1.75. The summed E-state index contributed by atoms with van der Waals surface area (Å²) in [5.41, 5.74) is 8.92. The highest BCUT2D eigenvalue weighted by Gasteiger charge is 2.68. The van der Waals surface area contributed by atoms with Crippen LogP contribution >= 0.6 is 0 Å². The molecule has 3 aliphatic heterocycles. The van der Waals surface area contributed by atoms with Gasteiger partial charge in [-0.15, -0.1) is 0 Å². The highest BCUT2D eigenvalue weighted by Crippen LogP contribution is 2.52. The number of carbonyl (C=O) groups excluding carboxylic acids is 4. The molecule has 0 aromatic rings. The van der Waals surface area contributed by atoms with Gasteiger partial charge in [-0.1, -0.05) is 31.9 Å². The van der Waals surface area contributed by atoms with Gasteiger partial charge in [0.05, 0.1) is 0 Å². The van der Waals surface area contributed by atoms with Crippen LogP contribution in [0, 0.1) is 5.92 Å². The molecule has 0 spiro atoms. The molecule has 0 radical (unpaired) electrons. The molecule has 218 valence electrons. The molecule has 2 saturated heterocycles. The average Bonchev–Trinajstić information content (AvgIpc) is 3.40. The van der Waals surface area contributed by atoms with Crippen LogP contribution in [0.25, 0.3) is 0 Å². The second kappa shape index (κ2) is 11.4. The zero-order chi connectivity index (χ0) is 28.4. The predicted octanol–water partition coefficient (Wildman–Crippen LogP) is 1.24. The molecule has 5 atom stereocenters. The highest BCUT2D eigenvalue weighted by atomic mass is 32.2. The number of fused-ring (bicyclic) bond motifs is 2. The molecule has 13 heteroatoms. The van der Waals surface area contributed by atoms with Gasteiger partial charge < -0.3 is 26.4 Å². The fourth-order valence-electron chi connectivity index (χ4n) is 6.50. The minimum absolute atomic E-state index is 0.0287. The largest absolute Gasteiger partial charge is 0.436 e. The summed E-state index contributed by atoms with van der Waals surface area (Å²) < 4.78 is 35.1. The van der Waals surface area contributed by atoms with E-state index in [1.54, 1.807) is 0 Å². The monoisotopic (exact) mass is 567 g/mol. The van der Waals surface area contributed by atoms with Crippen LogP contribution in [0.5, 0.6) is 0 Å². The van der Waals surface area contributed by atoms with Gasteiger partial charge in [-0.25, -0.2) is 13.2 Å². The summed E-state index contributed by atoms with van der Waals surface area (Å²) in [6.07, 6.45) is 7.73. The maximum absolute atomic E-state index is 14.2. The number of nitrogens with two attached hydrogens (primary N) is 2. The first-order valence-corrected chi connectivity index (χ1v) is 15.5. The Hall–Kier alpha value is -2.67. The van der Waals surface area contributed by atoms with Crippen molar-refractivity contribution < 1.29 is 32.3 Å².